The van der Waals surface area contributed by atoms with Crippen LogP contribution in [-0.4, -0.2) is 20.5 Å². The van der Waals surface area contributed by atoms with Crippen LogP contribution in [0.25, 0.3) is 0 Å². The van der Waals surface area contributed by atoms with Gasteiger partial charge in [0.05, 0.1) is 14.2 Å². The molecule has 0 aliphatic heterocycles. The van der Waals surface area contributed by atoms with Gasteiger partial charge in [-0.05, 0) is 17.7 Å². The number of rotatable bonds is 6. The van der Waals surface area contributed by atoms with Crippen LogP contribution in [0.4, 0.5) is 5.69 Å². The smallest absolute Gasteiger partial charge is 0.150 e. The monoisotopic (exact) mass is 271 g/mol. The molecule has 2 aromatic rings. The summed E-state index contributed by atoms with van der Waals surface area (Å²) in [7, 11) is 3.13. The number of benzene rings is 2. The van der Waals surface area contributed by atoms with Crippen molar-refractivity contribution in [2.45, 2.75) is 6.54 Å². The van der Waals surface area contributed by atoms with Gasteiger partial charge in [0.15, 0.2) is 0 Å². The van der Waals surface area contributed by atoms with E-state index in [-0.39, 0.29) is 0 Å². The molecule has 0 aliphatic carbocycles. The minimum Gasteiger partial charge on any atom is -0.494 e. The number of hydrogen-bond acceptors (Lipinski definition) is 4. The Labute approximate surface area is 118 Å². The van der Waals surface area contributed by atoms with Crippen LogP contribution in [0.3, 0.4) is 0 Å². The maximum atomic E-state index is 10.9. The molecule has 0 fully saturated rings. The van der Waals surface area contributed by atoms with Crippen molar-refractivity contribution in [2.24, 2.45) is 0 Å². The molecular weight excluding hydrogens is 254 g/mol. The minimum atomic E-state index is 0.518. The average Bonchev–Trinajstić information content (AvgIpc) is 2.52. The highest BCUT2D eigenvalue weighted by Gasteiger charge is 2.12. The molecule has 0 aliphatic rings. The van der Waals surface area contributed by atoms with Crippen LogP contribution < -0.4 is 14.8 Å². The van der Waals surface area contributed by atoms with Crippen LogP contribution >= 0.6 is 0 Å². The first-order valence-electron chi connectivity index (χ1n) is 6.27. The second kappa shape index (κ2) is 6.61. The molecule has 4 nitrogen and oxygen atoms in total. The summed E-state index contributed by atoms with van der Waals surface area (Å²) in [5.41, 5.74) is 2.41. The van der Waals surface area contributed by atoms with E-state index in [0.717, 1.165) is 17.5 Å². The number of carbonyl (C=O) groups excluding carboxylic acids is 1. The summed E-state index contributed by atoms with van der Waals surface area (Å²) in [5, 5.41) is 3.29. The lowest BCUT2D eigenvalue weighted by atomic mass is 10.1. The Hall–Kier alpha value is -2.49. The van der Waals surface area contributed by atoms with E-state index in [1.807, 2.05) is 30.3 Å². The summed E-state index contributed by atoms with van der Waals surface area (Å²) in [6.45, 7) is 0.647. The van der Waals surface area contributed by atoms with Crippen molar-refractivity contribution >= 4 is 12.0 Å². The number of methoxy groups -OCH3 is 2. The van der Waals surface area contributed by atoms with Gasteiger partial charge in [-0.3, -0.25) is 4.79 Å². The van der Waals surface area contributed by atoms with E-state index in [2.05, 4.69) is 5.32 Å². The van der Waals surface area contributed by atoms with E-state index < -0.39 is 0 Å². The molecule has 104 valence electrons. The van der Waals surface area contributed by atoms with Crippen molar-refractivity contribution in [3.63, 3.8) is 0 Å². The number of nitrogens with one attached hydrogen (secondary N) is 1. The van der Waals surface area contributed by atoms with Crippen LogP contribution in [0.15, 0.2) is 42.5 Å². The summed E-state index contributed by atoms with van der Waals surface area (Å²) in [6.07, 6.45) is 0.770. The van der Waals surface area contributed by atoms with Crippen LogP contribution in [0.2, 0.25) is 0 Å². The average molecular weight is 271 g/mol. The lowest BCUT2D eigenvalue weighted by Gasteiger charge is -2.15. The highest BCUT2D eigenvalue weighted by molar-refractivity contribution is 5.81. The molecule has 20 heavy (non-hydrogen) atoms. The van der Waals surface area contributed by atoms with Crippen molar-refractivity contribution in [3.05, 3.63) is 53.6 Å². The van der Waals surface area contributed by atoms with Gasteiger partial charge in [0.2, 0.25) is 0 Å². The molecule has 0 aromatic heterocycles. The van der Waals surface area contributed by atoms with Gasteiger partial charge in [0, 0.05) is 12.1 Å². The van der Waals surface area contributed by atoms with Crippen molar-refractivity contribution in [2.75, 3.05) is 19.5 Å². The lowest BCUT2D eigenvalue weighted by Crippen LogP contribution is -2.04. The Kier molecular flexibility index (Phi) is 4.60. The number of aldehydes is 1. The first kappa shape index (κ1) is 13.9. The van der Waals surface area contributed by atoms with Crippen LogP contribution in [0.1, 0.15) is 15.9 Å². The standard InChI is InChI=1S/C16H17NO3/c1-19-14-8-13(11-18)9-15(20-2)16(14)17-10-12-6-4-3-5-7-12/h3-9,11,17H,10H2,1-2H3. The van der Waals surface area contributed by atoms with Gasteiger partial charge >= 0.3 is 0 Å². The fourth-order valence-corrected chi connectivity index (χ4v) is 1.96. The third-order valence-electron chi connectivity index (χ3n) is 2.98. The van der Waals surface area contributed by atoms with Gasteiger partial charge < -0.3 is 14.8 Å². The van der Waals surface area contributed by atoms with Gasteiger partial charge in [-0.15, -0.1) is 0 Å². The molecule has 0 saturated carbocycles. The van der Waals surface area contributed by atoms with Gasteiger partial charge in [-0.2, -0.15) is 0 Å². The van der Waals surface area contributed by atoms with Crippen molar-refractivity contribution in [1.82, 2.24) is 0 Å². The zero-order chi connectivity index (χ0) is 14.4. The highest BCUT2D eigenvalue weighted by atomic mass is 16.5. The Morgan fingerprint density at radius 3 is 2.15 bits per heavy atom. The Balaban J connectivity index is 2.27. The lowest BCUT2D eigenvalue weighted by molar-refractivity contribution is 0.112. The molecular formula is C16H17NO3. The summed E-state index contributed by atoms with van der Waals surface area (Å²) >= 11 is 0. The van der Waals surface area contributed by atoms with Crippen LogP contribution in [0.5, 0.6) is 11.5 Å². The van der Waals surface area contributed by atoms with Crippen molar-refractivity contribution in [3.8, 4) is 11.5 Å². The third-order valence-corrected chi connectivity index (χ3v) is 2.98. The number of carbonyl (C=O) groups is 1. The fraction of sp³-hybridized carbons (Fsp3) is 0.188. The number of anilines is 1. The molecule has 0 atom stereocenters. The van der Waals surface area contributed by atoms with Crippen LogP contribution in [0, 0.1) is 0 Å². The maximum absolute atomic E-state index is 10.9. The van der Waals surface area contributed by atoms with E-state index in [1.165, 1.54) is 0 Å². The normalized spacial score (nSPS) is 9.90. The molecule has 0 radical (unpaired) electrons. The second-order valence-corrected chi connectivity index (χ2v) is 4.26. The molecule has 0 heterocycles. The molecule has 0 spiro atoms. The topological polar surface area (TPSA) is 47.6 Å². The summed E-state index contributed by atoms with van der Waals surface area (Å²) < 4.78 is 10.6. The van der Waals surface area contributed by atoms with Crippen molar-refractivity contribution < 1.29 is 14.3 Å². The Bertz CT molecular complexity index is 557. The first-order chi connectivity index (χ1) is 9.78. The van der Waals surface area contributed by atoms with Crippen molar-refractivity contribution in [1.29, 1.82) is 0 Å². The second-order valence-electron chi connectivity index (χ2n) is 4.26. The van der Waals surface area contributed by atoms with Crippen LogP contribution in [-0.2, 0) is 6.54 Å². The molecule has 0 saturated heterocycles. The fourth-order valence-electron chi connectivity index (χ4n) is 1.96. The Morgan fingerprint density at radius 1 is 1.05 bits per heavy atom. The largest absolute Gasteiger partial charge is 0.494 e. The number of hydrogen-bond donors (Lipinski definition) is 1. The minimum absolute atomic E-state index is 0.518. The molecule has 2 rings (SSSR count). The van der Waals surface area contributed by atoms with Gasteiger partial charge in [-0.25, -0.2) is 0 Å². The van der Waals surface area contributed by atoms with E-state index >= 15 is 0 Å². The SMILES string of the molecule is COc1cc(C=O)cc(OC)c1NCc1ccccc1. The molecule has 0 unspecified atom stereocenters. The molecule has 4 heteroatoms. The van der Waals surface area contributed by atoms with E-state index in [4.69, 9.17) is 9.47 Å². The zero-order valence-corrected chi connectivity index (χ0v) is 11.6. The van der Waals surface area contributed by atoms with Gasteiger partial charge in [-0.1, -0.05) is 30.3 Å². The Morgan fingerprint density at radius 2 is 1.65 bits per heavy atom. The summed E-state index contributed by atoms with van der Waals surface area (Å²) in [6, 6.07) is 13.4. The van der Waals surface area contributed by atoms with E-state index in [9.17, 15) is 4.79 Å². The predicted molar refractivity (Wildman–Crippen MR) is 78.7 cm³/mol. The zero-order valence-electron chi connectivity index (χ0n) is 11.6. The van der Waals surface area contributed by atoms with E-state index in [1.54, 1.807) is 26.4 Å². The first-order valence-corrected chi connectivity index (χ1v) is 6.27. The molecule has 0 bridgehead atoms. The molecule has 2 aromatic carbocycles. The highest BCUT2D eigenvalue weighted by Crippen LogP contribution is 2.36. The maximum Gasteiger partial charge on any atom is 0.150 e. The van der Waals surface area contributed by atoms with Gasteiger partial charge in [0.1, 0.15) is 23.5 Å². The third kappa shape index (κ3) is 3.09. The molecule has 1 N–H and O–H groups in total. The molecule has 0 amide bonds. The summed E-state index contributed by atoms with van der Waals surface area (Å²) in [5.74, 6) is 1.17. The predicted octanol–water partition coefficient (Wildman–Crippen LogP) is 3.13. The quantitative estimate of drug-likeness (QED) is 0.820. The number of ether oxygens (including phenoxy) is 2. The van der Waals surface area contributed by atoms with Gasteiger partial charge in [0.25, 0.3) is 0 Å². The van der Waals surface area contributed by atoms with E-state index in [0.29, 0.717) is 23.6 Å². The summed E-state index contributed by atoms with van der Waals surface area (Å²) in [4.78, 5) is 10.9.